The van der Waals surface area contributed by atoms with Crippen molar-refractivity contribution < 1.29 is 9.53 Å². The third-order valence-electron chi connectivity index (χ3n) is 5.72. The highest BCUT2D eigenvalue weighted by Gasteiger charge is 2.32. The van der Waals surface area contributed by atoms with Gasteiger partial charge in [-0.15, -0.1) is 0 Å². The lowest BCUT2D eigenvalue weighted by atomic mass is 10.1. The topological polar surface area (TPSA) is 46.5 Å². The van der Waals surface area contributed by atoms with Crippen molar-refractivity contribution in [2.24, 2.45) is 0 Å². The second-order valence-corrected chi connectivity index (χ2v) is 9.79. The van der Waals surface area contributed by atoms with Gasteiger partial charge in [-0.1, -0.05) is 39.7 Å². The molecule has 1 saturated heterocycles. The molecule has 0 unspecified atom stereocenters. The van der Waals surface area contributed by atoms with Crippen LogP contribution in [-0.4, -0.2) is 22.2 Å². The van der Waals surface area contributed by atoms with E-state index in [1.165, 1.54) is 4.90 Å². The summed E-state index contributed by atoms with van der Waals surface area (Å²) in [6, 6.07) is 21.3. The Morgan fingerprint density at radius 1 is 1.09 bits per heavy atom. The highest BCUT2D eigenvalue weighted by Crippen LogP contribution is 2.30. The molecule has 3 aromatic carbocycles. The molecule has 0 spiro atoms. The molecule has 8 heteroatoms. The van der Waals surface area contributed by atoms with Gasteiger partial charge in [0.1, 0.15) is 11.4 Å². The zero-order chi connectivity index (χ0) is 24.5. The first kappa shape index (κ1) is 23.6. The highest BCUT2D eigenvalue weighted by atomic mass is 79.9. The van der Waals surface area contributed by atoms with Crippen LogP contribution in [0.5, 0.6) is 5.75 Å². The Morgan fingerprint density at radius 2 is 1.83 bits per heavy atom. The lowest BCUT2D eigenvalue weighted by molar-refractivity contribution is -0.113. The quantitative estimate of drug-likeness (QED) is 0.207. The van der Waals surface area contributed by atoms with Gasteiger partial charge < -0.3 is 14.6 Å². The maximum Gasteiger partial charge on any atom is 0.281 e. The Bertz CT molecular complexity index is 1460. The highest BCUT2D eigenvalue weighted by molar-refractivity contribution is 9.10. The first-order valence-corrected chi connectivity index (χ1v) is 12.6. The number of hydrogen-bond acceptors (Lipinski definition) is 3. The SMILES string of the molecule is CCOc1ccc(N2C(=O)/C(=C/c3cn(Cc4ccc(Cl)cc4)c4ccc(Br)cc34)NC2=S)cc1. The summed E-state index contributed by atoms with van der Waals surface area (Å²) in [6.45, 7) is 3.19. The fourth-order valence-corrected chi connectivity index (χ4v) is 4.90. The average Bonchev–Trinajstić information content (AvgIpc) is 3.31. The van der Waals surface area contributed by atoms with Crippen molar-refractivity contribution in [1.29, 1.82) is 0 Å². The van der Waals surface area contributed by atoms with Gasteiger partial charge in [0, 0.05) is 38.7 Å². The molecule has 4 aromatic rings. The van der Waals surface area contributed by atoms with E-state index in [-0.39, 0.29) is 5.91 Å². The van der Waals surface area contributed by atoms with E-state index in [1.807, 2.05) is 67.6 Å². The molecule has 1 fully saturated rings. The van der Waals surface area contributed by atoms with Gasteiger partial charge in [-0.3, -0.25) is 9.69 Å². The minimum atomic E-state index is -0.201. The number of ether oxygens (including phenoxy) is 1. The van der Waals surface area contributed by atoms with Crippen LogP contribution in [0, 0.1) is 0 Å². The van der Waals surface area contributed by atoms with Gasteiger partial charge in [0.2, 0.25) is 0 Å². The second-order valence-electron chi connectivity index (χ2n) is 8.06. The molecule has 176 valence electrons. The van der Waals surface area contributed by atoms with E-state index in [0.717, 1.165) is 32.3 Å². The summed E-state index contributed by atoms with van der Waals surface area (Å²) in [5, 5.41) is 5.17. The fraction of sp³-hybridized carbons (Fsp3) is 0.111. The number of halogens is 2. The van der Waals surface area contributed by atoms with Gasteiger partial charge in [-0.2, -0.15) is 0 Å². The largest absolute Gasteiger partial charge is 0.494 e. The zero-order valence-corrected chi connectivity index (χ0v) is 22.0. The first-order valence-electron chi connectivity index (χ1n) is 11.1. The summed E-state index contributed by atoms with van der Waals surface area (Å²) in [4.78, 5) is 14.8. The van der Waals surface area contributed by atoms with Crippen LogP contribution in [0.25, 0.3) is 17.0 Å². The fourth-order valence-electron chi connectivity index (χ4n) is 4.11. The van der Waals surface area contributed by atoms with Crippen molar-refractivity contribution in [3.8, 4) is 5.75 Å². The summed E-state index contributed by atoms with van der Waals surface area (Å²) in [6.07, 6.45) is 3.91. The van der Waals surface area contributed by atoms with E-state index in [0.29, 0.717) is 34.7 Å². The van der Waals surface area contributed by atoms with Gasteiger partial charge in [0.25, 0.3) is 5.91 Å². The lowest BCUT2D eigenvalue weighted by Gasteiger charge is -2.14. The van der Waals surface area contributed by atoms with Crippen molar-refractivity contribution >= 4 is 73.4 Å². The van der Waals surface area contributed by atoms with E-state index < -0.39 is 0 Å². The van der Waals surface area contributed by atoms with Crippen LogP contribution in [0.1, 0.15) is 18.1 Å². The smallest absolute Gasteiger partial charge is 0.281 e. The molecule has 0 saturated carbocycles. The van der Waals surface area contributed by atoms with Crippen LogP contribution < -0.4 is 15.0 Å². The Kier molecular flexibility index (Phi) is 6.65. The first-order chi connectivity index (χ1) is 16.9. The summed E-state index contributed by atoms with van der Waals surface area (Å²) < 4.78 is 8.63. The number of anilines is 1. The van der Waals surface area contributed by atoms with Crippen molar-refractivity contribution in [3.05, 3.63) is 99.2 Å². The van der Waals surface area contributed by atoms with E-state index in [2.05, 4.69) is 44.1 Å². The monoisotopic (exact) mass is 565 g/mol. The minimum absolute atomic E-state index is 0.201. The van der Waals surface area contributed by atoms with Crippen molar-refractivity contribution in [1.82, 2.24) is 9.88 Å². The Hall–Kier alpha value is -3.13. The molecule has 5 rings (SSSR count). The summed E-state index contributed by atoms with van der Waals surface area (Å²) >= 11 is 15.1. The summed E-state index contributed by atoms with van der Waals surface area (Å²) in [5.41, 5.74) is 4.22. The molecule has 5 nitrogen and oxygen atoms in total. The standard InChI is InChI=1S/C27H21BrClN3O2S/c1-2-34-22-10-8-21(9-11-22)32-26(33)24(30-27(32)35)13-18-16-31(15-17-3-6-20(29)7-4-17)25-12-5-19(28)14-23(18)25/h3-14,16H,2,15H2,1H3,(H,30,35)/b24-13-. The number of benzene rings is 3. The predicted octanol–water partition coefficient (Wildman–Crippen LogP) is 6.77. The van der Waals surface area contributed by atoms with Crippen LogP contribution in [0.3, 0.4) is 0 Å². The molecular formula is C27H21BrClN3O2S. The number of hydrogen-bond donors (Lipinski definition) is 1. The number of nitrogens with one attached hydrogen (secondary N) is 1. The molecule has 0 radical (unpaired) electrons. The number of fused-ring (bicyclic) bond motifs is 1. The van der Waals surface area contributed by atoms with Crippen molar-refractivity contribution in [2.45, 2.75) is 13.5 Å². The molecule has 1 amide bonds. The van der Waals surface area contributed by atoms with Gasteiger partial charge in [-0.25, -0.2) is 0 Å². The number of carbonyl (C=O) groups is 1. The van der Waals surface area contributed by atoms with Gasteiger partial charge in [-0.05, 0) is 85.4 Å². The molecule has 2 heterocycles. The predicted molar refractivity (Wildman–Crippen MR) is 149 cm³/mol. The van der Waals surface area contributed by atoms with Crippen LogP contribution in [-0.2, 0) is 11.3 Å². The zero-order valence-electron chi connectivity index (χ0n) is 18.8. The van der Waals surface area contributed by atoms with Crippen LogP contribution in [0.2, 0.25) is 5.02 Å². The molecule has 0 atom stereocenters. The second kappa shape index (κ2) is 9.85. The molecule has 35 heavy (non-hydrogen) atoms. The Labute approximate surface area is 222 Å². The molecule has 0 aliphatic carbocycles. The number of amides is 1. The Morgan fingerprint density at radius 3 is 2.54 bits per heavy atom. The third-order valence-corrected chi connectivity index (χ3v) is 6.75. The van der Waals surface area contributed by atoms with Gasteiger partial charge in [0.05, 0.1) is 12.3 Å². The number of carbonyl (C=O) groups excluding carboxylic acids is 1. The number of thiocarbonyl (C=S) groups is 1. The van der Waals surface area contributed by atoms with Crippen LogP contribution in [0.15, 0.2) is 83.1 Å². The molecular weight excluding hydrogens is 546 g/mol. The van der Waals surface area contributed by atoms with Crippen molar-refractivity contribution in [3.63, 3.8) is 0 Å². The average molecular weight is 567 g/mol. The molecule has 0 bridgehead atoms. The number of rotatable bonds is 6. The maximum atomic E-state index is 13.3. The van der Waals surface area contributed by atoms with Crippen LogP contribution in [0.4, 0.5) is 5.69 Å². The maximum absolute atomic E-state index is 13.3. The number of aromatic nitrogens is 1. The normalized spacial score (nSPS) is 14.7. The van der Waals surface area contributed by atoms with Crippen LogP contribution >= 0.6 is 39.7 Å². The molecule has 1 aliphatic rings. The summed E-state index contributed by atoms with van der Waals surface area (Å²) in [5.74, 6) is 0.546. The van der Waals surface area contributed by atoms with Crippen molar-refractivity contribution in [2.75, 3.05) is 11.5 Å². The molecule has 1 N–H and O–H groups in total. The number of nitrogens with zero attached hydrogens (tertiary/aromatic N) is 2. The molecule has 1 aliphatic heterocycles. The van der Waals surface area contributed by atoms with E-state index in [9.17, 15) is 4.79 Å². The Balaban J connectivity index is 1.49. The third kappa shape index (κ3) is 4.85. The lowest BCUT2D eigenvalue weighted by Crippen LogP contribution is -2.30. The summed E-state index contributed by atoms with van der Waals surface area (Å²) in [7, 11) is 0. The molecule has 1 aromatic heterocycles. The van der Waals surface area contributed by atoms with Gasteiger partial charge in [0.15, 0.2) is 5.11 Å². The van der Waals surface area contributed by atoms with E-state index >= 15 is 0 Å². The minimum Gasteiger partial charge on any atom is -0.494 e. The van der Waals surface area contributed by atoms with E-state index in [1.54, 1.807) is 0 Å². The van der Waals surface area contributed by atoms with E-state index in [4.69, 9.17) is 28.6 Å². The van der Waals surface area contributed by atoms with Gasteiger partial charge >= 0.3 is 0 Å².